The zero-order chi connectivity index (χ0) is 14.5. The second-order valence-electron chi connectivity index (χ2n) is 4.87. The standard InChI is InChI=1S/C12H19N5O2S/c1-8(18)14-9-2-4-17(5-3-9)6-10-7-20-12(15-10)11(19)16-13/h7,9H,2-6,13H2,1H3,(H,14,18)(H,16,19). The Morgan fingerprint density at radius 2 is 2.20 bits per heavy atom. The number of nitrogens with zero attached hydrogens (tertiary/aromatic N) is 2. The molecule has 0 atom stereocenters. The summed E-state index contributed by atoms with van der Waals surface area (Å²) in [5.41, 5.74) is 2.96. The summed E-state index contributed by atoms with van der Waals surface area (Å²) >= 11 is 1.29. The van der Waals surface area contributed by atoms with Crippen LogP contribution in [0.1, 0.15) is 35.3 Å². The van der Waals surface area contributed by atoms with Gasteiger partial charge in [-0.15, -0.1) is 11.3 Å². The summed E-state index contributed by atoms with van der Waals surface area (Å²) in [6.07, 6.45) is 1.89. The first-order chi connectivity index (χ1) is 9.58. The lowest BCUT2D eigenvalue weighted by Crippen LogP contribution is -2.43. The van der Waals surface area contributed by atoms with Crippen molar-refractivity contribution in [2.24, 2.45) is 5.84 Å². The molecule has 0 aromatic carbocycles. The minimum absolute atomic E-state index is 0.0281. The summed E-state index contributed by atoms with van der Waals surface area (Å²) < 4.78 is 0. The number of piperidine rings is 1. The molecule has 0 spiro atoms. The molecular formula is C12H19N5O2S. The number of rotatable bonds is 4. The molecule has 0 bridgehead atoms. The van der Waals surface area contributed by atoms with Crippen molar-refractivity contribution >= 4 is 23.2 Å². The van der Waals surface area contributed by atoms with Gasteiger partial charge in [-0.2, -0.15) is 0 Å². The molecule has 4 N–H and O–H groups in total. The third-order valence-electron chi connectivity index (χ3n) is 3.26. The molecule has 1 aromatic rings. The third-order valence-corrected chi connectivity index (χ3v) is 4.15. The highest BCUT2D eigenvalue weighted by Gasteiger charge is 2.20. The van der Waals surface area contributed by atoms with Gasteiger partial charge in [0, 0.05) is 38.0 Å². The molecule has 0 unspecified atom stereocenters. The summed E-state index contributed by atoms with van der Waals surface area (Å²) in [7, 11) is 0. The number of carbonyl (C=O) groups is 2. The van der Waals surface area contributed by atoms with Gasteiger partial charge in [-0.25, -0.2) is 10.8 Å². The predicted molar refractivity (Wildman–Crippen MR) is 75.9 cm³/mol. The molecule has 20 heavy (non-hydrogen) atoms. The molecule has 1 saturated heterocycles. The minimum Gasteiger partial charge on any atom is -0.354 e. The highest BCUT2D eigenvalue weighted by Crippen LogP contribution is 2.16. The van der Waals surface area contributed by atoms with E-state index >= 15 is 0 Å². The summed E-state index contributed by atoms with van der Waals surface area (Å²) in [5, 5.41) is 5.21. The van der Waals surface area contributed by atoms with Gasteiger partial charge in [0.25, 0.3) is 5.91 Å². The number of aromatic nitrogens is 1. The number of carbonyl (C=O) groups excluding carboxylic acids is 2. The first-order valence-electron chi connectivity index (χ1n) is 6.53. The quantitative estimate of drug-likeness (QED) is 0.407. The largest absolute Gasteiger partial charge is 0.354 e. The van der Waals surface area contributed by atoms with Gasteiger partial charge < -0.3 is 5.32 Å². The average molecular weight is 297 g/mol. The van der Waals surface area contributed by atoms with E-state index in [-0.39, 0.29) is 17.9 Å². The van der Waals surface area contributed by atoms with E-state index in [2.05, 4.69) is 20.6 Å². The molecule has 8 heteroatoms. The van der Waals surface area contributed by atoms with Crippen molar-refractivity contribution < 1.29 is 9.59 Å². The van der Waals surface area contributed by atoms with Gasteiger partial charge in [-0.05, 0) is 12.8 Å². The highest BCUT2D eigenvalue weighted by atomic mass is 32.1. The van der Waals surface area contributed by atoms with E-state index in [1.54, 1.807) is 6.92 Å². The highest BCUT2D eigenvalue weighted by molar-refractivity contribution is 7.11. The predicted octanol–water partition coefficient (Wildman–Crippen LogP) is -0.153. The minimum atomic E-state index is -0.356. The number of hydrogen-bond donors (Lipinski definition) is 3. The number of nitrogen functional groups attached to an aromatic ring is 1. The Bertz CT molecular complexity index is 482. The fourth-order valence-electron chi connectivity index (χ4n) is 2.30. The first kappa shape index (κ1) is 14.9. The van der Waals surface area contributed by atoms with Crippen LogP contribution in [0.3, 0.4) is 0 Å². The lowest BCUT2D eigenvalue weighted by Gasteiger charge is -2.31. The fraction of sp³-hybridized carbons (Fsp3) is 0.583. The maximum absolute atomic E-state index is 11.3. The monoisotopic (exact) mass is 297 g/mol. The molecule has 1 aliphatic rings. The summed E-state index contributed by atoms with van der Waals surface area (Å²) in [6, 6.07) is 0.276. The van der Waals surface area contributed by atoms with Crippen LogP contribution < -0.4 is 16.6 Å². The first-order valence-corrected chi connectivity index (χ1v) is 7.41. The van der Waals surface area contributed by atoms with Gasteiger partial charge >= 0.3 is 0 Å². The number of thiazole rings is 1. The molecule has 110 valence electrons. The number of hydrazine groups is 1. The number of likely N-dealkylation sites (tertiary alicyclic amines) is 1. The van der Waals surface area contributed by atoms with Gasteiger partial charge in [-0.1, -0.05) is 0 Å². The fourth-order valence-corrected chi connectivity index (χ4v) is 3.01. The van der Waals surface area contributed by atoms with E-state index in [0.29, 0.717) is 5.01 Å². The molecule has 1 aromatic heterocycles. The van der Waals surface area contributed by atoms with Crippen molar-refractivity contribution in [2.45, 2.75) is 32.4 Å². The summed E-state index contributed by atoms with van der Waals surface area (Å²) in [4.78, 5) is 28.9. The maximum Gasteiger partial charge on any atom is 0.294 e. The van der Waals surface area contributed by atoms with Crippen LogP contribution in [0.15, 0.2) is 5.38 Å². The Labute approximate surface area is 121 Å². The lowest BCUT2D eigenvalue weighted by atomic mass is 10.0. The van der Waals surface area contributed by atoms with Gasteiger partial charge in [-0.3, -0.25) is 19.9 Å². The number of hydrogen-bond acceptors (Lipinski definition) is 6. The SMILES string of the molecule is CC(=O)NC1CCN(Cc2csc(C(=O)NN)n2)CC1. The Kier molecular flexibility index (Phi) is 5.05. The Morgan fingerprint density at radius 1 is 1.50 bits per heavy atom. The molecule has 0 saturated carbocycles. The zero-order valence-electron chi connectivity index (χ0n) is 11.4. The van der Waals surface area contributed by atoms with Crippen molar-refractivity contribution in [3.8, 4) is 0 Å². The topological polar surface area (TPSA) is 100 Å². The molecule has 7 nitrogen and oxygen atoms in total. The normalized spacial score (nSPS) is 16.9. The van der Waals surface area contributed by atoms with Crippen molar-refractivity contribution in [2.75, 3.05) is 13.1 Å². The van der Waals surface area contributed by atoms with Crippen LogP contribution in [0.25, 0.3) is 0 Å². The molecule has 1 aliphatic heterocycles. The smallest absolute Gasteiger partial charge is 0.294 e. The number of nitrogens with two attached hydrogens (primary N) is 1. The van der Waals surface area contributed by atoms with Crippen molar-refractivity contribution in [1.29, 1.82) is 0 Å². The third kappa shape index (κ3) is 3.99. The molecule has 1 fully saturated rings. The van der Waals surface area contributed by atoms with Gasteiger partial charge in [0.15, 0.2) is 5.01 Å². The summed E-state index contributed by atoms with van der Waals surface area (Å²) in [5.74, 6) is 4.75. The van der Waals surface area contributed by atoms with E-state index in [4.69, 9.17) is 5.84 Å². The Morgan fingerprint density at radius 3 is 2.80 bits per heavy atom. The van der Waals surface area contributed by atoms with E-state index in [0.717, 1.165) is 38.2 Å². The second kappa shape index (κ2) is 6.78. The van der Waals surface area contributed by atoms with Gasteiger partial charge in [0.05, 0.1) is 5.69 Å². The van der Waals surface area contributed by atoms with Crippen LogP contribution >= 0.6 is 11.3 Å². The second-order valence-corrected chi connectivity index (χ2v) is 5.73. The van der Waals surface area contributed by atoms with Crippen LogP contribution in [0, 0.1) is 0 Å². The van der Waals surface area contributed by atoms with Crippen LogP contribution in [-0.4, -0.2) is 40.8 Å². The van der Waals surface area contributed by atoms with Gasteiger partial charge in [0.2, 0.25) is 5.91 Å². The van der Waals surface area contributed by atoms with E-state index in [1.807, 2.05) is 5.38 Å². The van der Waals surface area contributed by atoms with Crippen molar-refractivity contribution in [3.63, 3.8) is 0 Å². The van der Waals surface area contributed by atoms with Crippen molar-refractivity contribution in [3.05, 3.63) is 16.1 Å². The van der Waals surface area contributed by atoms with Crippen LogP contribution in [0.5, 0.6) is 0 Å². The maximum atomic E-state index is 11.3. The summed E-state index contributed by atoms with van der Waals surface area (Å²) in [6.45, 7) is 4.11. The Hall–Kier alpha value is -1.51. The van der Waals surface area contributed by atoms with E-state index in [1.165, 1.54) is 11.3 Å². The van der Waals surface area contributed by atoms with Gasteiger partial charge in [0.1, 0.15) is 0 Å². The van der Waals surface area contributed by atoms with Crippen LogP contribution in [-0.2, 0) is 11.3 Å². The molecule has 2 rings (SSSR count). The van der Waals surface area contributed by atoms with E-state index in [9.17, 15) is 9.59 Å². The number of amides is 2. The molecule has 0 radical (unpaired) electrons. The van der Waals surface area contributed by atoms with Crippen molar-refractivity contribution in [1.82, 2.24) is 20.6 Å². The average Bonchev–Trinajstić information content (AvgIpc) is 2.88. The molecule has 2 heterocycles. The number of nitrogens with one attached hydrogen (secondary N) is 2. The zero-order valence-corrected chi connectivity index (χ0v) is 12.2. The molecule has 0 aliphatic carbocycles. The Balaban J connectivity index is 1.82. The molecular weight excluding hydrogens is 278 g/mol. The lowest BCUT2D eigenvalue weighted by molar-refractivity contribution is -0.119. The van der Waals surface area contributed by atoms with Crippen LogP contribution in [0.4, 0.5) is 0 Å². The van der Waals surface area contributed by atoms with E-state index < -0.39 is 0 Å². The van der Waals surface area contributed by atoms with Crippen LogP contribution in [0.2, 0.25) is 0 Å². The molecule has 2 amide bonds.